The number of amides is 1. The van der Waals surface area contributed by atoms with Gasteiger partial charge in [0.2, 0.25) is 5.91 Å². The lowest BCUT2D eigenvalue weighted by molar-refractivity contribution is -0.772. The first-order valence-electron chi connectivity index (χ1n) is 6.80. The maximum absolute atomic E-state index is 12.3. The van der Waals surface area contributed by atoms with Crippen molar-refractivity contribution in [1.29, 1.82) is 0 Å². The number of carboxylic acids is 1. The quantitative estimate of drug-likeness (QED) is 0.534. The number of thioether (sulfide) groups is 1. The first kappa shape index (κ1) is 16.8. The van der Waals surface area contributed by atoms with Crippen molar-refractivity contribution in [3.8, 4) is 0 Å². The van der Waals surface area contributed by atoms with Gasteiger partial charge in [-0.25, -0.2) is 9.59 Å². The molecule has 2 aromatic rings. The van der Waals surface area contributed by atoms with Crippen molar-refractivity contribution >= 4 is 29.3 Å². The van der Waals surface area contributed by atoms with Gasteiger partial charge in [0.25, 0.3) is 0 Å². The Morgan fingerprint density at radius 3 is 2.78 bits per heavy atom. The number of aromatic carboxylic acids is 1. The van der Waals surface area contributed by atoms with Crippen LogP contribution in [0.3, 0.4) is 0 Å². The number of carbonyl (C=O) groups excluding carboxylic acids is 1. The molecular formula is C14H16N3O5S+. The molecule has 0 saturated heterocycles. The summed E-state index contributed by atoms with van der Waals surface area (Å²) >= 11 is 1.08. The highest BCUT2D eigenvalue weighted by Gasteiger charge is 2.27. The van der Waals surface area contributed by atoms with Crippen molar-refractivity contribution in [2.24, 2.45) is 7.05 Å². The molecule has 23 heavy (non-hydrogen) atoms. The topological polar surface area (TPSA) is 116 Å². The van der Waals surface area contributed by atoms with E-state index in [-0.39, 0.29) is 16.5 Å². The molecule has 1 aromatic heterocycles. The molecule has 0 fully saturated rings. The normalized spacial score (nSPS) is 11.9. The van der Waals surface area contributed by atoms with E-state index >= 15 is 0 Å². The predicted octanol–water partition coefficient (Wildman–Crippen LogP) is 1.000. The lowest BCUT2D eigenvalue weighted by atomic mass is 10.2. The van der Waals surface area contributed by atoms with E-state index in [4.69, 9.17) is 5.11 Å². The van der Waals surface area contributed by atoms with Crippen LogP contribution in [-0.4, -0.2) is 27.5 Å². The van der Waals surface area contributed by atoms with Gasteiger partial charge in [-0.2, -0.15) is 0 Å². The summed E-state index contributed by atoms with van der Waals surface area (Å²) in [7, 11) is 1.61. The van der Waals surface area contributed by atoms with Crippen LogP contribution in [0, 0.1) is 0 Å². The Labute approximate surface area is 135 Å². The highest BCUT2D eigenvalue weighted by molar-refractivity contribution is 8.00. The molecule has 0 aliphatic rings. The van der Waals surface area contributed by atoms with Crippen LogP contribution in [0.5, 0.6) is 0 Å². The number of hydrogen-bond acceptors (Lipinski definition) is 5. The lowest BCUT2D eigenvalue weighted by Crippen LogP contribution is -2.35. The number of rotatable bonds is 6. The van der Waals surface area contributed by atoms with Gasteiger partial charge in [0.05, 0.1) is 10.8 Å². The van der Waals surface area contributed by atoms with E-state index in [1.807, 2.05) is 6.92 Å². The molecule has 1 unspecified atom stereocenters. The summed E-state index contributed by atoms with van der Waals surface area (Å²) in [6.45, 7) is 1.82. The van der Waals surface area contributed by atoms with Crippen LogP contribution >= 0.6 is 11.8 Å². The molecule has 1 atom stereocenters. The first-order chi connectivity index (χ1) is 10.9. The van der Waals surface area contributed by atoms with E-state index in [1.54, 1.807) is 19.2 Å². The van der Waals surface area contributed by atoms with Crippen molar-refractivity contribution in [3.63, 3.8) is 0 Å². The SMILES string of the molecule is CCC(Sc1c(=O)o[nH][n+]1C)C(=O)Nc1cccc(C(=O)O)c1. The number of nitrogens with zero attached hydrogens (tertiary/aromatic N) is 1. The van der Waals surface area contributed by atoms with E-state index in [2.05, 4.69) is 15.1 Å². The van der Waals surface area contributed by atoms with Gasteiger partial charge in [-0.15, -0.1) is 0 Å². The van der Waals surface area contributed by atoms with Crippen molar-refractivity contribution < 1.29 is 23.9 Å². The fraction of sp³-hybridized carbons (Fsp3) is 0.286. The van der Waals surface area contributed by atoms with E-state index in [0.29, 0.717) is 12.1 Å². The number of aromatic amines is 1. The number of hydrogen-bond donors (Lipinski definition) is 3. The summed E-state index contributed by atoms with van der Waals surface area (Å²) < 4.78 is 6.04. The van der Waals surface area contributed by atoms with Gasteiger partial charge in [0.15, 0.2) is 7.05 Å². The maximum atomic E-state index is 12.3. The molecular weight excluding hydrogens is 322 g/mol. The number of aromatic nitrogens is 2. The molecule has 0 saturated carbocycles. The van der Waals surface area contributed by atoms with Crippen LogP contribution in [0.25, 0.3) is 0 Å². The standard InChI is InChI=1S/C14H15N3O5S/c1-3-10(23-12-14(21)22-16-17(12)2)11(18)15-9-6-4-5-8(7-9)13(19)20/h4-7,10H,3H2,1-2H3,(H2-,15,16,18,19,20,21)/p+1. The smallest absolute Gasteiger partial charge is 0.441 e. The van der Waals surface area contributed by atoms with Crippen LogP contribution in [-0.2, 0) is 11.8 Å². The Bertz CT molecular complexity index is 783. The van der Waals surface area contributed by atoms with Crippen LogP contribution in [0.1, 0.15) is 23.7 Å². The molecule has 0 bridgehead atoms. The van der Waals surface area contributed by atoms with Gasteiger partial charge in [0.1, 0.15) is 0 Å². The minimum Gasteiger partial charge on any atom is -0.478 e. The molecule has 1 heterocycles. The zero-order valence-electron chi connectivity index (χ0n) is 12.5. The van der Waals surface area contributed by atoms with Gasteiger partial charge in [-0.3, -0.25) is 9.32 Å². The van der Waals surface area contributed by atoms with Crippen molar-refractivity contribution in [3.05, 3.63) is 40.2 Å². The van der Waals surface area contributed by atoms with E-state index in [9.17, 15) is 14.4 Å². The second kappa shape index (κ2) is 7.14. The predicted molar refractivity (Wildman–Crippen MR) is 82.5 cm³/mol. The summed E-state index contributed by atoms with van der Waals surface area (Å²) in [5.41, 5.74) is -0.0720. The second-order valence-electron chi connectivity index (χ2n) is 4.73. The first-order valence-corrected chi connectivity index (χ1v) is 7.68. The molecule has 8 nitrogen and oxygen atoms in total. The van der Waals surface area contributed by atoms with Crippen molar-refractivity contribution in [2.45, 2.75) is 23.6 Å². The average molecular weight is 338 g/mol. The fourth-order valence-corrected chi connectivity index (χ4v) is 2.80. The third kappa shape index (κ3) is 4.01. The zero-order valence-corrected chi connectivity index (χ0v) is 13.3. The Balaban J connectivity index is 2.13. The fourth-order valence-electron chi connectivity index (χ4n) is 1.87. The summed E-state index contributed by atoms with van der Waals surface area (Å²) in [4.78, 5) is 34.8. The van der Waals surface area contributed by atoms with Gasteiger partial charge in [-0.1, -0.05) is 17.7 Å². The highest BCUT2D eigenvalue weighted by atomic mass is 32.2. The molecule has 9 heteroatoms. The lowest BCUT2D eigenvalue weighted by Gasteiger charge is -2.12. The molecule has 1 amide bonds. The van der Waals surface area contributed by atoms with Crippen LogP contribution in [0.15, 0.2) is 38.6 Å². The molecule has 3 N–H and O–H groups in total. The van der Waals surface area contributed by atoms with E-state index < -0.39 is 16.8 Å². The summed E-state index contributed by atoms with van der Waals surface area (Å²) in [5.74, 6) is -1.39. The van der Waals surface area contributed by atoms with E-state index in [0.717, 1.165) is 11.8 Å². The highest BCUT2D eigenvalue weighted by Crippen LogP contribution is 2.22. The number of nitrogens with one attached hydrogen (secondary N) is 2. The van der Waals surface area contributed by atoms with Gasteiger partial charge in [0, 0.05) is 5.69 Å². The number of carboxylic acid groups (broad SMARTS) is 1. The molecule has 2 rings (SSSR count). The Hall–Kier alpha value is -2.55. The minimum absolute atomic E-state index is 0.0844. The Kier molecular flexibility index (Phi) is 5.22. The number of carbonyl (C=O) groups is 2. The molecule has 0 spiro atoms. The van der Waals surface area contributed by atoms with Gasteiger partial charge >= 0.3 is 16.6 Å². The average Bonchev–Trinajstić information content (AvgIpc) is 2.83. The number of anilines is 1. The van der Waals surface area contributed by atoms with Crippen LogP contribution < -0.4 is 15.6 Å². The van der Waals surface area contributed by atoms with Gasteiger partial charge < -0.3 is 10.4 Å². The largest absolute Gasteiger partial charge is 0.478 e. The van der Waals surface area contributed by atoms with Crippen molar-refractivity contribution in [2.75, 3.05) is 5.32 Å². The van der Waals surface area contributed by atoms with Gasteiger partial charge in [-0.05, 0) is 41.7 Å². The molecule has 1 aromatic carbocycles. The summed E-state index contributed by atoms with van der Waals surface area (Å²) in [6.07, 6.45) is 0.486. The number of benzene rings is 1. The summed E-state index contributed by atoms with van der Waals surface area (Å²) in [5, 5.41) is 13.8. The minimum atomic E-state index is -1.07. The van der Waals surface area contributed by atoms with E-state index in [1.165, 1.54) is 16.8 Å². The van der Waals surface area contributed by atoms with Crippen LogP contribution in [0.4, 0.5) is 5.69 Å². The molecule has 122 valence electrons. The molecule has 0 radical (unpaired) electrons. The maximum Gasteiger partial charge on any atom is 0.441 e. The monoisotopic (exact) mass is 338 g/mol. The summed E-state index contributed by atoms with van der Waals surface area (Å²) in [6, 6.07) is 5.97. The second-order valence-corrected chi connectivity index (χ2v) is 5.93. The van der Waals surface area contributed by atoms with Crippen LogP contribution in [0.2, 0.25) is 0 Å². The Morgan fingerprint density at radius 2 is 2.22 bits per heavy atom. The third-order valence-electron chi connectivity index (χ3n) is 3.05. The number of H-pyrrole nitrogens is 1. The molecule has 0 aliphatic carbocycles. The Morgan fingerprint density at radius 1 is 1.48 bits per heavy atom. The third-order valence-corrected chi connectivity index (χ3v) is 4.54. The zero-order chi connectivity index (χ0) is 17.0. The molecule has 0 aliphatic heterocycles. The number of aryl methyl sites for hydroxylation is 1. The van der Waals surface area contributed by atoms with Crippen molar-refractivity contribution in [1.82, 2.24) is 5.27 Å².